The molecule has 6 aromatic carbocycles. The van der Waals surface area contributed by atoms with Gasteiger partial charge in [0.2, 0.25) is 0 Å². The Morgan fingerprint density at radius 1 is 0.415 bits per heavy atom. The number of fused-ring (bicyclic) bond motifs is 10. The van der Waals surface area contributed by atoms with Crippen molar-refractivity contribution in [1.82, 2.24) is 0 Å². The maximum Gasteiger partial charge on any atom is 0.0725 e. The van der Waals surface area contributed by atoms with Gasteiger partial charge in [0.05, 0.1) is 5.41 Å². The average Bonchev–Trinajstić information content (AvgIpc) is 3.49. The summed E-state index contributed by atoms with van der Waals surface area (Å²) in [6.45, 7) is 2.23. The lowest BCUT2D eigenvalue weighted by Gasteiger charge is -2.30. The topological polar surface area (TPSA) is 0 Å². The second kappa shape index (κ2) is 9.46. The third-order valence-electron chi connectivity index (χ3n) is 9.25. The lowest BCUT2D eigenvalue weighted by molar-refractivity contribution is 0.792. The van der Waals surface area contributed by atoms with Crippen LogP contribution in [0.3, 0.4) is 0 Å². The highest BCUT2D eigenvalue weighted by Crippen LogP contribution is 2.62. The number of hydrogen-bond donors (Lipinski definition) is 0. The SMILES string of the molecule is CCCc1ccc(-c2ccc(Cc3ccc4c(c3)C3(c5ccccc5-c5ccccc53)c3ccccc3-4)cc2)cc1. The molecule has 0 heteroatoms. The molecule has 8 rings (SSSR count). The molecule has 0 radical (unpaired) electrons. The van der Waals surface area contributed by atoms with E-state index in [1.807, 2.05) is 0 Å². The molecule has 0 amide bonds. The molecule has 0 fully saturated rings. The minimum absolute atomic E-state index is 0.275. The van der Waals surface area contributed by atoms with E-state index in [9.17, 15) is 0 Å². The van der Waals surface area contributed by atoms with E-state index < -0.39 is 0 Å². The van der Waals surface area contributed by atoms with E-state index >= 15 is 0 Å². The van der Waals surface area contributed by atoms with Crippen molar-refractivity contribution >= 4 is 0 Å². The summed E-state index contributed by atoms with van der Waals surface area (Å²) in [6, 6.07) is 52.5. The van der Waals surface area contributed by atoms with Gasteiger partial charge >= 0.3 is 0 Å². The van der Waals surface area contributed by atoms with Gasteiger partial charge in [-0.15, -0.1) is 0 Å². The number of aryl methyl sites for hydroxylation is 1. The van der Waals surface area contributed by atoms with Crippen molar-refractivity contribution in [2.24, 2.45) is 0 Å². The Labute approximate surface area is 243 Å². The van der Waals surface area contributed by atoms with Crippen LogP contribution in [0.25, 0.3) is 33.4 Å². The highest BCUT2D eigenvalue weighted by Gasteiger charge is 2.51. The monoisotopic (exact) mass is 524 g/mol. The second-order valence-corrected chi connectivity index (χ2v) is 11.6. The molecule has 0 saturated heterocycles. The summed E-state index contributed by atoms with van der Waals surface area (Å²) in [5.74, 6) is 0. The summed E-state index contributed by atoms with van der Waals surface area (Å²) < 4.78 is 0. The zero-order valence-electron chi connectivity index (χ0n) is 23.4. The van der Waals surface area contributed by atoms with Crippen molar-refractivity contribution in [3.05, 3.63) is 178 Å². The van der Waals surface area contributed by atoms with Gasteiger partial charge in [-0.05, 0) is 85.2 Å². The normalized spacial score (nSPS) is 13.5. The fraction of sp³-hybridized carbons (Fsp3) is 0.122. The molecule has 0 unspecified atom stereocenters. The summed E-state index contributed by atoms with van der Waals surface area (Å²) in [6.07, 6.45) is 3.24. The molecular formula is C41H32. The van der Waals surface area contributed by atoms with Gasteiger partial charge in [-0.1, -0.05) is 153 Å². The van der Waals surface area contributed by atoms with Crippen molar-refractivity contribution in [3.63, 3.8) is 0 Å². The Kier molecular flexibility index (Phi) is 5.57. The minimum atomic E-state index is -0.275. The van der Waals surface area contributed by atoms with Crippen LogP contribution in [0.4, 0.5) is 0 Å². The van der Waals surface area contributed by atoms with Crippen molar-refractivity contribution in [2.75, 3.05) is 0 Å². The average molecular weight is 525 g/mol. The van der Waals surface area contributed by atoms with Crippen molar-refractivity contribution in [1.29, 1.82) is 0 Å². The van der Waals surface area contributed by atoms with Gasteiger partial charge in [0, 0.05) is 0 Å². The van der Waals surface area contributed by atoms with E-state index in [-0.39, 0.29) is 5.41 Å². The van der Waals surface area contributed by atoms with E-state index in [0.717, 1.165) is 12.8 Å². The standard InChI is InChI=1S/C41H32/c1-2-9-28-16-21-31(22-17-28)32-23-18-29(19-24-32)26-30-20-25-36-35-12-5-8-15-39(35)41(40(36)27-30)37-13-6-3-10-33(37)34-11-4-7-14-38(34)41/h3-8,10-25,27H,2,9,26H2,1H3. The van der Waals surface area contributed by atoms with Crippen LogP contribution in [0.5, 0.6) is 0 Å². The van der Waals surface area contributed by atoms with E-state index in [0.29, 0.717) is 0 Å². The van der Waals surface area contributed by atoms with E-state index in [4.69, 9.17) is 0 Å². The first-order chi connectivity index (χ1) is 20.3. The van der Waals surface area contributed by atoms with Crippen LogP contribution in [0.2, 0.25) is 0 Å². The van der Waals surface area contributed by atoms with Crippen molar-refractivity contribution < 1.29 is 0 Å². The van der Waals surface area contributed by atoms with E-state index in [2.05, 4.69) is 146 Å². The minimum Gasteiger partial charge on any atom is -0.0651 e. The fourth-order valence-corrected chi connectivity index (χ4v) is 7.46. The lowest BCUT2D eigenvalue weighted by atomic mass is 9.70. The lowest BCUT2D eigenvalue weighted by Crippen LogP contribution is -2.26. The summed E-state index contributed by atoms with van der Waals surface area (Å²) in [7, 11) is 0. The first-order valence-corrected chi connectivity index (χ1v) is 14.9. The van der Waals surface area contributed by atoms with Gasteiger partial charge in [-0.3, -0.25) is 0 Å². The summed E-state index contributed by atoms with van der Waals surface area (Å²) in [5, 5.41) is 0. The van der Waals surface area contributed by atoms with Crippen LogP contribution < -0.4 is 0 Å². The van der Waals surface area contributed by atoms with Crippen LogP contribution in [0.1, 0.15) is 52.3 Å². The molecule has 0 nitrogen and oxygen atoms in total. The molecule has 2 aliphatic carbocycles. The zero-order valence-corrected chi connectivity index (χ0v) is 23.4. The highest BCUT2D eigenvalue weighted by molar-refractivity contribution is 5.95. The van der Waals surface area contributed by atoms with Crippen LogP contribution in [-0.2, 0) is 18.3 Å². The number of benzene rings is 6. The molecule has 6 aromatic rings. The maximum atomic E-state index is 2.49. The van der Waals surface area contributed by atoms with Gasteiger partial charge in [0.25, 0.3) is 0 Å². The van der Waals surface area contributed by atoms with Gasteiger partial charge in [-0.2, -0.15) is 0 Å². The fourth-order valence-electron chi connectivity index (χ4n) is 7.46. The molecule has 0 aromatic heterocycles. The van der Waals surface area contributed by atoms with Crippen LogP contribution in [0, 0.1) is 0 Å². The number of rotatable bonds is 5. The predicted octanol–water partition coefficient (Wildman–Crippen LogP) is 10.2. The van der Waals surface area contributed by atoms with Crippen LogP contribution in [-0.4, -0.2) is 0 Å². The van der Waals surface area contributed by atoms with Gasteiger partial charge in [0.1, 0.15) is 0 Å². The number of hydrogen-bond acceptors (Lipinski definition) is 0. The molecule has 41 heavy (non-hydrogen) atoms. The molecule has 0 aliphatic heterocycles. The maximum absolute atomic E-state index is 2.49. The van der Waals surface area contributed by atoms with Crippen LogP contribution >= 0.6 is 0 Å². The van der Waals surface area contributed by atoms with Gasteiger partial charge in [0.15, 0.2) is 0 Å². The zero-order chi connectivity index (χ0) is 27.4. The first-order valence-electron chi connectivity index (χ1n) is 14.9. The molecule has 0 bridgehead atoms. The third kappa shape index (κ3) is 3.60. The molecule has 0 heterocycles. The highest BCUT2D eigenvalue weighted by atomic mass is 14.5. The molecule has 0 saturated carbocycles. The molecule has 196 valence electrons. The molecular weight excluding hydrogens is 492 g/mol. The molecule has 0 atom stereocenters. The van der Waals surface area contributed by atoms with E-state index in [1.54, 1.807) is 0 Å². The largest absolute Gasteiger partial charge is 0.0725 e. The Bertz CT molecular complexity index is 1840. The van der Waals surface area contributed by atoms with Crippen molar-refractivity contribution in [2.45, 2.75) is 31.6 Å². The first kappa shape index (κ1) is 24.1. The Morgan fingerprint density at radius 2 is 0.854 bits per heavy atom. The second-order valence-electron chi connectivity index (χ2n) is 11.6. The molecule has 2 aliphatic rings. The van der Waals surface area contributed by atoms with Crippen molar-refractivity contribution in [3.8, 4) is 33.4 Å². The Hall–Kier alpha value is -4.68. The predicted molar refractivity (Wildman–Crippen MR) is 171 cm³/mol. The summed E-state index contributed by atoms with van der Waals surface area (Å²) >= 11 is 0. The van der Waals surface area contributed by atoms with Gasteiger partial charge < -0.3 is 0 Å². The quantitative estimate of drug-likeness (QED) is 0.210. The smallest absolute Gasteiger partial charge is 0.0651 e. The Balaban J connectivity index is 1.20. The van der Waals surface area contributed by atoms with Gasteiger partial charge in [-0.25, -0.2) is 0 Å². The van der Waals surface area contributed by atoms with Crippen LogP contribution in [0.15, 0.2) is 140 Å². The third-order valence-corrected chi connectivity index (χ3v) is 9.25. The van der Waals surface area contributed by atoms with E-state index in [1.165, 1.54) is 78.7 Å². The molecule has 0 N–H and O–H groups in total. The molecule has 1 spiro atoms. The summed E-state index contributed by atoms with van der Waals surface area (Å²) in [4.78, 5) is 0. The summed E-state index contributed by atoms with van der Waals surface area (Å²) in [5.41, 5.74) is 17.4. The Morgan fingerprint density at radius 3 is 1.37 bits per heavy atom.